The Morgan fingerprint density at radius 1 is 1.03 bits per heavy atom. The van der Waals surface area contributed by atoms with Crippen molar-refractivity contribution in [1.82, 2.24) is 30.1 Å². The van der Waals surface area contributed by atoms with Crippen molar-refractivity contribution in [2.45, 2.75) is 31.8 Å². The standard InChI is InChI=1S/C28H36N8O2.ClH/c1-34-14-16-36(17-15-34)25-5-3-23-27(32-25)20(6-10-29-23)7-11-35-12-8-21(9-13-35)30-18-22-2-4-24-28(31-22)33-26(37)19-38-24;/h2-6,10,21,30H,7-9,11-19H2,1H3,(H,31,33,37);1H. The van der Waals surface area contributed by atoms with Gasteiger partial charge in [-0.25, -0.2) is 9.97 Å². The number of piperazine rings is 1. The van der Waals surface area contributed by atoms with Gasteiger partial charge < -0.3 is 30.1 Å². The fourth-order valence-corrected chi connectivity index (χ4v) is 5.47. The van der Waals surface area contributed by atoms with E-state index in [2.05, 4.69) is 60.5 Å². The lowest BCUT2D eigenvalue weighted by molar-refractivity contribution is -0.118. The van der Waals surface area contributed by atoms with E-state index in [4.69, 9.17) is 9.72 Å². The number of halogens is 1. The molecule has 0 saturated carbocycles. The highest BCUT2D eigenvalue weighted by Gasteiger charge is 2.21. The van der Waals surface area contributed by atoms with Crippen molar-refractivity contribution in [3.8, 4) is 5.75 Å². The van der Waals surface area contributed by atoms with Gasteiger partial charge in [-0.15, -0.1) is 12.4 Å². The first-order valence-electron chi connectivity index (χ1n) is 13.7. The van der Waals surface area contributed by atoms with Crippen LogP contribution in [-0.2, 0) is 17.8 Å². The number of hydrogen-bond donors (Lipinski definition) is 2. The number of nitrogens with one attached hydrogen (secondary N) is 2. The number of anilines is 2. The summed E-state index contributed by atoms with van der Waals surface area (Å²) in [6.07, 6.45) is 5.10. The van der Waals surface area contributed by atoms with E-state index in [9.17, 15) is 4.79 Å². The summed E-state index contributed by atoms with van der Waals surface area (Å²) < 4.78 is 5.40. The van der Waals surface area contributed by atoms with Gasteiger partial charge in [-0.3, -0.25) is 9.78 Å². The predicted molar refractivity (Wildman–Crippen MR) is 155 cm³/mol. The Morgan fingerprint density at radius 3 is 2.67 bits per heavy atom. The van der Waals surface area contributed by atoms with Crippen LogP contribution in [0.4, 0.5) is 11.6 Å². The smallest absolute Gasteiger partial charge is 0.263 e. The van der Waals surface area contributed by atoms with Gasteiger partial charge in [0.2, 0.25) is 0 Å². The molecule has 0 aromatic carbocycles. The third-order valence-corrected chi connectivity index (χ3v) is 7.87. The van der Waals surface area contributed by atoms with Gasteiger partial charge in [-0.1, -0.05) is 0 Å². The Balaban J connectivity index is 0.00000308. The van der Waals surface area contributed by atoms with Crippen LogP contribution in [0.15, 0.2) is 36.5 Å². The van der Waals surface area contributed by atoms with Crippen LogP contribution in [0.1, 0.15) is 24.1 Å². The summed E-state index contributed by atoms with van der Waals surface area (Å²) in [6.45, 7) is 8.07. The maximum atomic E-state index is 11.6. The fraction of sp³-hybridized carbons (Fsp3) is 0.500. The summed E-state index contributed by atoms with van der Waals surface area (Å²) >= 11 is 0. The zero-order valence-corrected chi connectivity index (χ0v) is 23.3. The van der Waals surface area contributed by atoms with Crippen molar-refractivity contribution in [2.75, 3.05) is 69.7 Å². The van der Waals surface area contributed by atoms with Crippen molar-refractivity contribution < 1.29 is 9.53 Å². The third kappa shape index (κ3) is 6.58. The quantitative estimate of drug-likeness (QED) is 0.457. The molecule has 10 nitrogen and oxygen atoms in total. The summed E-state index contributed by atoms with van der Waals surface area (Å²) in [6, 6.07) is 10.7. The monoisotopic (exact) mass is 552 g/mol. The molecule has 3 aliphatic heterocycles. The van der Waals surface area contributed by atoms with Crippen molar-refractivity contribution in [2.24, 2.45) is 0 Å². The Labute approximate surface area is 235 Å². The molecule has 6 heterocycles. The number of nitrogens with zero attached hydrogens (tertiary/aromatic N) is 6. The molecule has 0 aliphatic carbocycles. The predicted octanol–water partition coefficient (Wildman–Crippen LogP) is 2.33. The molecule has 0 unspecified atom stereocenters. The molecule has 2 saturated heterocycles. The molecule has 6 rings (SSSR count). The molecule has 2 fully saturated rings. The largest absolute Gasteiger partial charge is 0.480 e. The normalized spacial score (nSPS) is 18.8. The van der Waals surface area contributed by atoms with E-state index in [0.29, 0.717) is 24.2 Å². The molecule has 0 bridgehead atoms. The Bertz CT molecular complexity index is 1290. The van der Waals surface area contributed by atoms with E-state index in [1.54, 1.807) is 0 Å². The Kier molecular flexibility index (Phi) is 8.76. The van der Waals surface area contributed by atoms with Crippen molar-refractivity contribution >= 4 is 41.0 Å². The first kappa shape index (κ1) is 27.5. The van der Waals surface area contributed by atoms with E-state index in [1.165, 1.54) is 5.56 Å². The van der Waals surface area contributed by atoms with Gasteiger partial charge in [0.15, 0.2) is 18.2 Å². The van der Waals surface area contributed by atoms with Gasteiger partial charge in [-0.2, -0.15) is 0 Å². The number of likely N-dealkylation sites (tertiary alicyclic amines) is 1. The van der Waals surface area contributed by atoms with Crippen molar-refractivity contribution in [3.63, 3.8) is 0 Å². The fourth-order valence-electron chi connectivity index (χ4n) is 5.47. The number of piperidine rings is 1. The molecule has 39 heavy (non-hydrogen) atoms. The molecule has 0 spiro atoms. The van der Waals surface area contributed by atoms with E-state index < -0.39 is 0 Å². The summed E-state index contributed by atoms with van der Waals surface area (Å²) in [5.74, 6) is 2.06. The Hall–Kier alpha value is -3.05. The van der Waals surface area contributed by atoms with Crippen LogP contribution in [0.3, 0.4) is 0 Å². The Morgan fingerprint density at radius 2 is 1.85 bits per heavy atom. The van der Waals surface area contributed by atoms with Crippen LogP contribution in [0.2, 0.25) is 0 Å². The second-order valence-corrected chi connectivity index (χ2v) is 10.5. The second kappa shape index (κ2) is 12.4. The lowest BCUT2D eigenvalue weighted by Gasteiger charge is -2.33. The number of aromatic nitrogens is 3. The second-order valence-electron chi connectivity index (χ2n) is 10.5. The van der Waals surface area contributed by atoms with Gasteiger partial charge in [0.25, 0.3) is 5.91 Å². The maximum absolute atomic E-state index is 11.6. The van der Waals surface area contributed by atoms with E-state index in [-0.39, 0.29) is 24.9 Å². The first-order chi connectivity index (χ1) is 18.6. The molecule has 3 aromatic heterocycles. The van der Waals surface area contributed by atoms with Gasteiger partial charge >= 0.3 is 0 Å². The average Bonchev–Trinajstić information content (AvgIpc) is 2.95. The molecule has 3 aromatic rings. The van der Waals surface area contributed by atoms with Crippen LogP contribution in [0.25, 0.3) is 11.0 Å². The summed E-state index contributed by atoms with van der Waals surface area (Å²) in [4.78, 5) is 33.1. The van der Waals surface area contributed by atoms with Gasteiger partial charge in [-0.05, 0) is 75.3 Å². The minimum atomic E-state index is -0.159. The van der Waals surface area contributed by atoms with Crippen LogP contribution < -0.4 is 20.3 Å². The first-order valence-corrected chi connectivity index (χ1v) is 13.7. The lowest BCUT2D eigenvalue weighted by atomic mass is 10.0. The van der Waals surface area contributed by atoms with E-state index in [0.717, 1.165) is 87.6 Å². The molecule has 0 atom stereocenters. The molecule has 2 N–H and O–H groups in total. The molecule has 0 radical (unpaired) electrons. The molecule has 208 valence electrons. The van der Waals surface area contributed by atoms with Crippen LogP contribution in [-0.4, -0.2) is 96.2 Å². The van der Waals surface area contributed by atoms with Gasteiger partial charge in [0.05, 0.1) is 16.7 Å². The van der Waals surface area contributed by atoms with Crippen LogP contribution in [0.5, 0.6) is 5.75 Å². The highest BCUT2D eigenvalue weighted by Crippen LogP contribution is 2.25. The summed E-state index contributed by atoms with van der Waals surface area (Å²) in [5.41, 5.74) is 4.20. The minimum Gasteiger partial charge on any atom is -0.480 e. The highest BCUT2D eigenvalue weighted by molar-refractivity contribution is 5.94. The number of carbonyl (C=O) groups is 1. The number of pyridine rings is 3. The number of rotatable bonds is 7. The lowest BCUT2D eigenvalue weighted by Crippen LogP contribution is -2.44. The van der Waals surface area contributed by atoms with Crippen molar-refractivity contribution in [3.05, 3.63) is 47.8 Å². The van der Waals surface area contributed by atoms with E-state index in [1.807, 2.05) is 18.3 Å². The number of likely N-dealkylation sites (N-methyl/N-ethyl adjacent to an activating group) is 1. The van der Waals surface area contributed by atoms with Gasteiger partial charge in [0.1, 0.15) is 5.82 Å². The average molecular weight is 553 g/mol. The third-order valence-electron chi connectivity index (χ3n) is 7.87. The number of ether oxygens (including phenoxy) is 1. The summed E-state index contributed by atoms with van der Waals surface area (Å²) in [7, 11) is 2.18. The molecule has 11 heteroatoms. The topological polar surface area (TPSA) is 98.8 Å². The minimum absolute atomic E-state index is 0. The molecule has 1 amide bonds. The number of amides is 1. The van der Waals surface area contributed by atoms with Crippen LogP contribution >= 0.6 is 12.4 Å². The van der Waals surface area contributed by atoms with Crippen LogP contribution in [0, 0.1) is 0 Å². The van der Waals surface area contributed by atoms with E-state index >= 15 is 0 Å². The SMILES string of the molecule is CN1CCN(c2ccc3nccc(CCN4CCC(NCc5ccc6c(n5)NC(=O)CO6)CC4)c3n2)CC1.Cl. The molecular weight excluding hydrogens is 516 g/mol. The highest BCUT2D eigenvalue weighted by atomic mass is 35.5. The van der Waals surface area contributed by atoms with Crippen molar-refractivity contribution in [1.29, 1.82) is 0 Å². The summed E-state index contributed by atoms with van der Waals surface area (Å²) in [5, 5.41) is 6.43. The molecule has 3 aliphatic rings. The zero-order chi connectivity index (χ0) is 25.9. The van der Waals surface area contributed by atoms with Gasteiger partial charge in [0, 0.05) is 51.5 Å². The number of carbonyl (C=O) groups excluding carboxylic acids is 1. The maximum Gasteiger partial charge on any atom is 0.263 e. The number of fused-ring (bicyclic) bond motifs is 2. The number of hydrogen-bond acceptors (Lipinski definition) is 9. The zero-order valence-electron chi connectivity index (χ0n) is 22.4. The molecular formula is C28H37ClN8O2.